The van der Waals surface area contributed by atoms with Crippen molar-refractivity contribution in [2.45, 2.75) is 26.2 Å². The van der Waals surface area contributed by atoms with Gasteiger partial charge in [-0.3, -0.25) is 4.79 Å². The Morgan fingerprint density at radius 2 is 2.50 bits per heavy atom. The van der Waals surface area contributed by atoms with Crippen molar-refractivity contribution in [1.29, 1.82) is 0 Å². The fourth-order valence-electron chi connectivity index (χ4n) is 1.35. The number of hydrogen-bond acceptors (Lipinski definition) is 2. The lowest BCUT2D eigenvalue weighted by atomic mass is 10.1. The van der Waals surface area contributed by atoms with Gasteiger partial charge in [0, 0.05) is 26.2 Å². The second kappa shape index (κ2) is 5.14. The van der Waals surface area contributed by atoms with Gasteiger partial charge in [0.2, 0.25) is 5.91 Å². The molecule has 0 saturated carbocycles. The third kappa shape index (κ3) is 3.22. The van der Waals surface area contributed by atoms with Crippen molar-refractivity contribution < 1.29 is 9.53 Å². The lowest BCUT2D eigenvalue weighted by molar-refractivity contribution is -0.120. The summed E-state index contributed by atoms with van der Waals surface area (Å²) >= 11 is 0. The largest absolute Gasteiger partial charge is 0.381 e. The maximum Gasteiger partial charge on any atom is 0.219 e. The van der Waals surface area contributed by atoms with Crippen LogP contribution in [0.15, 0.2) is 0 Å². The molecule has 0 aliphatic carbocycles. The highest BCUT2D eigenvalue weighted by atomic mass is 16.5. The number of rotatable bonds is 4. The Balaban J connectivity index is 1.97. The molecule has 1 saturated heterocycles. The smallest absolute Gasteiger partial charge is 0.219 e. The molecular formula is C9H17NO2. The molecule has 1 fully saturated rings. The van der Waals surface area contributed by atoms with Crippen LogP contribution < -0.4 is 5.32 Å². The van der Waals surface area contributed by atoms with Gasteiger partial charge in [-0.05, 0) is 18.8 Å². The van der Waals surface area contributed by atoms with E-state index in [1.54, 1.807) is 0 Å². The summed E-state index contributed by atoms with van der Waals surface area (Å²) < 4.78 is 5.23. The fraction of sp³-hybridized carbons (Fsp3) is 0.889. The third-order valence-electron chi connectivity index (χ3n) is 2.22. The summed E-state index contributed by atoms with van der Waals surface area (Å²) in [6, 6.07) is 0. The molecule has 3 heteroatoms. The van der Waals surface area contributed by atoms with Gasteiger partial charge < -0.3 is 10.1 Å². The Morgan fingerprint density at radius 1 is 1.67 bits per heavy atom. The summed E-state index contributed by atoms with van der Waals surface area (Å²) in [5.74, 6) is 0.816. The van der Waals surface area contributed by atoms with Crippen LogP contribution in [-0.2, 0) is 9.53 Å². The maximum atomic E-state index is 10.8. The first kappa shape index (κ1) is 9.52. The van der Waals surface area contributed by atoms with Gasteiger partial charge in [0.25, 0.3) is 0 Å². The molecule has 0 aromatic rings. The van der Waals surface area contributed by atoms with Crippen LogP contribution in [0.3, 0.4) is 0 Å². The van der Waals surface area contributed by atoms with Crippen LogP contribution in [0.1, 0.15) is 26.2 Å². The summed E-state index contributed by atoms with van der Waals surface area (Å²) in [5, 5.41) is 2.86. The van der Waals surface area contributed by atoms with Crippen molar-refractivity contribution >= 4 is 5.91 Å². The quantitative estimate of drug-likeness (QED) is 0.683. The number of nitrogens with one attached hydrogen (secondary N) is 1. The zero-order valence-corrected chi connectivity index (χ0v) is 7.64. The molecule has 0 aromatic carbocycles. The summed E-state index contributed by atoms with van der Waals surface area (Å²) in [6.07, 6.45) is 2.80. The Hall–Kier alpha value is -0.570. The van der Waals surface area contributed by atoms with Crippen molar-refractivity contribution in [2.75, 3.05) is 19.8 Å². The van der Waals surface area contributed by atoms with Crippen molar-refractivity contribution in [2.24, 2.45) is 5.92 Å². The van der Waals surface area contributed by atoms with Crippen LogP contribution >= 0.6 is 0 Å². The van der Waals surface area contributed by atoms with Crippen molar-refractivity contribution in [3.63, 3.8) is 0 Å². The van der Waals surface area contributed by atoms with Gasteiger partial charge in [-0.25, -0.2) is 0 Å². The Morgan fingerprint density at radius 3 is 3.08 bits per heavy atom. The topological polar surface area (TPSA) is 38.3 Å². The van der Waals surface area contributed by atoms with E-state index in [0.717, 1.165) is 32.6 Å². The van der Waals surface area contributed by atoms with Crippen LogP contribution in [0.2, 0.25) is 0 Å². The molecule has 12 heavy (non-hydrogen) atoms. The molecule has 0 radical (unpaired) electrons. The molecule has 1 unspecified atom stereocenters. The summed E-state index contributed by atoms with van der Waals surface area (Å²) in [4.78, 5) is 10.8. The van der Waals surface area contributed by atoms with Gasteiger partial charge in [-0.2, -0.15) is 0 Å². The molecule has 1 rings (SSSR count). The molecule has 3 nitrogen and oxygen atoms in total. The minimum atomic E-state index is 0.147. The van der Waals surface area contributed by atoms with Crippen molar-refractivity contribution in [3.8, 4) is 0 Å². The minimum Gasteiger partial charge on any atom is -0.381 e. The van der Waals surface area contributed by atoms with Crippen molar-refractivity contribution in [3.05, 3.63) is 0 Å². The van der Waals surface area contributed by atoms with Crippen LogP contribution in [0, 0.1) is 5.92 Å². The average Bonchev–Trinajstić information content (AvgIpc) is 2.57. The van der Waals surface area contributed by atoms with Gasteiger partial charge >= 0.3 is 0 Å². The standard InChI is InChI=1S/C9H17NO2/c1-2-9(11)10-5-3-8-4-6-12-7-8/h8H,2-7H2,1H3,(H,10,11). The first-order valence-corrected chi connectivity index (χ1v) is 4.67. The fourth-order valence-corrected chi connectivity index (χ4v) is 1.35. The van der Waals surface area contributed by atoms with E-state index < -0.39 is 0 Å². The van der Waals surface area contributed by atoms with Gasteiger partial charge in [-0.1, -0.05) is 6.92 Å². The average molecular weight is 171 g/mol. The zero-order valence-electron chi connectivity index (χ0n) is 7.64. The molecule has 1 amide bonds. The highest BCUT2D eigenvalue weighted by Crippen LogP contribution is 2.14. The minimum absolute atomic E-state index is 0.147. The number of hydrogen-bond donors (Lipinski definition) is 1. The SMILES string of the molecule is CCC(=O)NCCC1CCOC1. The van der Waals surface area contributed by atoms with E-state index in [9.17, 15) is 4.79 Å². The molecule has 0 spiro atoms. The second-order valence-electron chi connectivity index (χ2n) is 3.22. The summed E-state index contributed by atoms with van der Waals surface area (Å²) in [5.41, 5.74) is 0. The van der Waals surface area contributed by atoms with E-state index in [4.69, 9.17) is 4.74 Å². The normalized spacial score (nSPS) is 22.6. The third-order valence-corrected chi connectivity index (χ3v) is 2.22. The zero-order chi connectivity index (χ0) is 8.81. The van der Waals surface area contributed by atoms with Gasteiger partial charge in [0.15, 0.2) is 0 Å². The van der Waals surface area contributed by atoms with E-state index in [1.165, 1.54) is 0 Å². The maximum absolute atomic E-state index is 10.8. The van der Waals surface area contributed by atoms with Gasteiger partial charge in [-0.15, -0.1) is 0 Å². The van der Waals surface area contributed by atoms with Crippen LogP contribution in [-0.4, -0.2) is 25.7 Å². The lowest BCUT2D eigenvalue weighted by Crippen LogP contribution is -2.24. The first-order chi connectivity index (χ1) is 5.83. The Labute approximate surface area is 73.5 Å². The second-order valence-corrected chi connectivity index (χ2v) is 3.22. The molecular weight excluding hydrogens is 154 g/mol. The molecule has 1 aliphatic heterocycles. The van der Waals surface area contributed by atoms with E-state index in [1.807, 2.05) is 6.92 Å². The molecule has 70 valence electrons. The highest BCUT2D eigenvalue weighted by Gasteiger charge is 2.14. The van der Waals surface area contributed by atoms with Crippen LogP contribution in [0.25, 0.3) is 0 Å². The lowest BCUT2D eigenvalue weighted by Gasteiger charge is -2.07. The van der Waals surface area contributed by atoms with Crippen LogP contribution in [0.4, 0.5) is 0 Å². The van der Waals surface area contributed by atoms with E-state index in [-0.39, 0.29) is 5.91 Å². The monoisotopic (exact) mass is 171 g/mol. The van der Waals surface area contributed by atoms with E-state index in [0.29, 0.717) is 12.3 Å². The van der Waals surface area contributed by atoms with Crippen LogP contribution in [0.5, 0.6) is 0 Å². The molecule has 1 aliphatic rings. The predicted molar refractivity (Wildman–Crippen MR) is 46.8 cm³/mol. The predicted octanol–water partition coefficient (Wildman–Crippen LogP) is 0.939. The number of ether oxygens (including phenoxy) is 1. The molecule has 1 N–H and O–H groups in total. The molecule has 0 aromatic heterocycles. The van der Waals surface area contributed by atoms with E-state index >= 15 is 0 Å². The summed E-state index contributed by atoms with van der Waals surface area (Å²) in [7, 11) is 0. The van der Waals surface area contributed by atoms with Gasteiger partial charge in [0.05, 0.1) is 0 Å². The number of carbonyl (C=O) groups excluding carboxylic acids is 1. The Kier molecular flexibility index (Phi) is 4.08. The number of carbonyl (C=O) groups is 1. The molecule has 1 heterocycles. The molecule has 0 bridgehead atoms. The highest BCUT2D eigenvalue weighted by molar-refractivity contribution is 5.75. The van der Waals surface area contributed by atoms with Gasteiger partial charge in [0.1, 0.15) is 0 Å². The van der Waals surface area contributed by atoms with Crippen molar-refractivity contribution in [1.82, 2.24) is 5.32 Å². The molecule has 1 atom stereocenters. The first-order valence-electron chi connectivity index (χ1n) is 4.67. The summed E-state index contributed by atoms with van der Waals surface area (Å²) in [6.45, 7) is 4.45. The Bertz CT molecular complexity index is 141. The number of amides is 1. The van der Waals surface area contributed by atoms with E-state index in [2.05, 4.69) is 5.32 Å².